The molecule has 0 amide bonds. The molecule has 1 heterocycles. The van der Waals surface area contributed by atoms with Crippen LogP contribution in [0.15, 0.2) is 22.5 Å². The summed E-state index contributed by atoms with van der Waals surface area (Å²) in [4.78, 5) is 27.1. The van der Waals surface area contributed by atoms with Gasteiger partial charge in [-0.25, -0.2) is 14.6 Å². The number of anilines is 1. The topological polar surface area (TPSA) is 210 Å². The number of aliphatic carboxylic acids is 2. The fraction of sp³-hybridized carbons (Fsp3) is 0.412. The number of nitrogens with two attached hydrogens (primary N) is 1. The van der Waals surface area contributed by atoms with Crippen LogP contribution in [0.3, 0.4) is 0 Å². The van der Waals surface area contributed by atoms with Crippen LogP contribution in [0, 0.1) is 22.8 Å². The highest BCUT2D eigenvalue weighted by molar-refractivity contribution is 7.13. The number of hydrogen-bond acceptors (Lipinski definition) is 7. The number of nitrogens with one attached hydrogen (secondary N) is 4. The number of carboxylic acids is 2. The molecular formula is C17H26N8O4S. The van der Waals surface area contributed by atoms with E-state index in [4.69, 9.17) is 26.6 Å². The number of nitriles is 1. The molecule has 0 aliphatic rings. The summed E-state index contributed by atoms with van der Waals surface area (Å²) < 4.78 is 0. The first kappa shape index (κ1) is 26.3. The molecule has 1 aromatic rings. The lowest BCUT2D eigenvalue weighted by Crippen LogP contribution is -2.35. The zero-order valence-corrected chi connectivity index (χ0v) is 17.5. The zero-order valence-electron chi connectivity index (χ0n) is 16.7. The van der Waals surface area contributed by atoms with Gasteiger partial charge < -0.3 is 31.9 Å². The minimum absolute atomic E-state index is 0.0978. The Morgan fingerprint density at radius 2 is 2.07 bits per heavy atom. The zero-order chi connectivity index (χ0) is 22.9. The fourth-order valence-corrected chi connectivity index (χ4v) is 2.80. The number of hydrogen-bond donors (Lipinski definition) is 7. The van der Waals surface area contributed by atoms with Crippen LogP contribution >= 0.6 is 11.3 Å². The van der Waals surface area contributed by atoms with E-state index < -0.39 is 11.9 Å². The third kappa shape index (κ3) is 14.4. The van der Waals surface area contributed by atoms with Crippen molar-refractivity contribution in [2.75, 3.05) is 18.9 Å². The van der Waals surface area contributed by atoms with Crippen LogP contribution in [0.5, 0.6) is 0 Å². The third-order valence-corrected chi connectivity index (χ3v) is 4.09. The fourth-order valence-electron chi connectivity index (χ4n) is 2.07. The predicted octanol–water partition coefficient (Wildman–Crippen LogP) is 0.765. The average molecular weight is 439 g/mol. The van der Waals surface area contributed by atoms with Crippen LogP contribution in [0.4, 0.5) is 5.13 Å². The molecular weight excluding hydrogens is 412 g/mol. The average Bonchev–Trinajstić information content (AvgIpc) is 3.09. The third-order valence-electron chi connectivity index (χ3n) is 3.28. The summed E-state index contributed by atoms with van der Waals surface area (Å²) in [5.74, 6) is -1.62. The molecule has 0 aliphatic heterocycles. The van der Waals surface area contributed by atoms with E-state index in [9.17, 15) is 9.59 Å². The smallest absolute Gasteiger partial charge is 0.328 e. The lowest BCUT2D eigenvalue weighted by molar-refractivity contribution is -0.134. The van der Waals surface area contributed by atoms with Gasteiger partial charge in [0.1, 0.15) is 0 Å². The molecule has 13 heteroatoms. The second-order valence-electron chi connectivity index (χ2n) is 5.88. The Morgan fingerprint density at radius 3 is 2.57 bits per heavy atom. The summed E-state index contributed by atoms with van der Waals surface area (Å²) in [5, 5.41) is 42.5. The van der Waals surface area contributed by atoms with Gasteiger partial charge in [0.15, 0.2) is 11.1 Å². The van der Waals surface area contributed by atoms with Crippen LogP contribution in [0.25, 0.3) is 0 Å². The van der Waals surface area contributed by atoms with Crippen molar-refractivity contribution in [3.63, 3.8) is 0 Å². The highest BCUT2D eigenvalue weighted by atomic mass is 32.1. The Morgan fingerprint density at radius 1 is 1.43 bits per heavy atom. The summed E-state index contributed by atoms with van der Waals surface area (Å²) in [6.45, 7) is 2.94. The second kappa shape index (κ2) is 15.3. The maximum atomic E-state index is 9.55. The van der Waals surface area contributed by atoms with E-state index >= 15 is 0 Å². The maximum absolute atomic E-state index is 9.55. The van der Waals surface area contributed by atoms with E-state index in [1.807, 2.05) is 5.38 Å². The van der Waals surface area contributed by atoms with Crippen LogP contribution in [-0.2, 0) is 16.0 Å². The van der Waals surface area contributed by atoms with Gasteiger partial charge in [0.2, 0.25) is 12.2 Å². The monoisotopic (exact) mass is 438 g/mol. The molecule has 1 unspecified atom stereocenters. The number of rotatable bonds is 9. The number of aliphatic imine (C=N–C) groups is 1. The molecule has 0 aliphatic carbocycles. The van der Waals surface area contributed by atoms with Crippen molar-refractivity contribution in [3.8, 4) is 6.19 Å². The van der Waals surface area contributed by atoms with Crippen LogP contribution in [-0.4, -0.2) is 52.6 Å². The molecule has 1 rings (SSSR count). The maximum Gasteiger partial charge on any atom is 0.328 e. The Labute approximate surface area is 178 Å². The molecule has 30 heavy (non-hydrogen) atoms. The predicted molar refractivity (Wildman–Crippen MR) is 114 cm³/mol. The number of guanidine groups is 2. The highest BCUT2D eigenvalue weighted by Crippen LogP contribution is 2.19. The van der Waals surface area contributed by atoms with Gasteiger partial charge in [-0.15, -0.1) is 16.3 Å². The first-order valence-electron chi connectivity index (χ1n) is 8.75. The molecule has 8 N–H and O–H groups in total. The Bertz CT molecular complexity index is 784. The van der Waals surface area contributed by atoms with Crippen LogP contribution in [0.1, 0.15) is 25.5 Å². The molecule has 0 fully saturated rings. The van der Waals surface area contributed by atoms with Crippen LogP contribution < -0.4 is 21.7 Å². The molecule has 0 aromatic carbocycles. The minimum atomic E-state index is -1.26. The number of carbonyl (C=O) groups is 2. The summed E-state index contributed by atoms with van der Waals surface area (Å²) in [5.41, 5.74) is 6.28. The molecule has 0 spiro atoms. The number of nitrogens with zero attached hydrogens (tertiary/aromatic N) is 3. The molecule has 0 radical (unpaired) electrons. The number of aromatic nitrogens is 1. The number of thiazole rings is 1. The molecule has 1 atom stereocenters. The van der Waals surface area contributed by atoms with Crippen molar-refractivity contribution < 1.29 is 19.8 Å². The first-order chi connectivity index (χ1) is 14.2. The quantitative estimate of drug-likeness (QED) is 0.0945. The van der Waals surface area contributed by atoms with Crippen molar-refractivity contribution in [1.29, 1.82) is 10.7 Å². The molecule has 164 valence electrons. The summed E-state index contributed by atoms with van der Waals surface area (Å²) in [6.07, 6.45) is 5.78. The largest absolute Gasteiger partial charge is 0.478 e. The molecule has 12 nitrogen and oxygen atoms in total. The summed E-state index contributed by atoms with van der Waals surface area (Å²) >= 11 is 1.45. The van der Waals surface area contributed by atoms with E-state index in [-0.39, 0.29) is 5.96 Å². The SMILES string of the molecule is CN/C(=N/C#N)NCCCC(C)Cc1csc(NC(=N)N)n1.O=C(O)/C=C\C(=O)O. The van der Waals surface area contributed by atoms with Crippen molar-refractivity contribution in [2.45, 2.75) is 26.2 Å². The van der Waals surface area contributed by atoms with Gasteiger partial charge >= 0.3 is 11.9 Å². The second-order valence-corrected chi connectivity index (χ2v) is 6.74. The van der Waals surface area contributed by atoms with Gasteiger partial charge in [0, 0.05) is 31.1 Å². The summed E-state index contributed by atoms with van der Waals surface area (Å²) in [6, 6.07) is 0. The van der Waals surface area contributed by atoms with E-state index in [0.29, 0.717) is 29.2 Å². The minimum Gasteiger partial charge on any atom is -0.478 e. The van der Waals surface area contributed by atoms with Gasteiger partial charge in [-0.05, 0) is 25.2 Å². The molecule has 0 saturated carbocycles. The normalized spacial score (nSPS) is 11.6. The van der Waals surface area contributed by atoms with Crippen molar-refractivity contribution in [2.24, 2.45) is 16.6 Å². The first-order valence-corrected chi connectivity index (χ1v) is 9.63. The van der Waals surface area contributed by atoms with Gasteiger partial charge in [-0.1, -0.05) is 6.92 Å². The van der Waals surface area contributed by atoms with Crippen LogP contribution in [0.2, 0.25) is 0 Å². The van der Waals surface area contributed by atoms with Crippen molar-refractivity contribution in [1.82, 2.24) is 15.6 Å². The van der Waals surface area contributed by atoms with Gasteiger partial charge in [-0.3, -0.25) is 5.41 Å². The molecule has 0 bridgehead atoms. The molecule has 1 aromatic heterocycles. The Balaban J connectivity index is 0.000000890. The highest BCUT2D eigenvalue weighted by Gasteiger charge is 2.08. The lowest BCUT2D eigenvalue weighted by Gasteiger charge is -2.11. The summed E-state index contributed by atoms with van der Waals surface area (Å²) in [7, 11) is 1.72. The van der Waals surface area contributed by atoms with Gasteiger partial charge in [0.05, 0.1) is 5.69 Å². The standard InChI is InChI=1S/C13H22N8S.C4H4O4/c1-9(4-3-5-18-12(17-2)19-8-14)6-10-7-22-13(20-10)21-11(15)16;5-3(6)1-2-4(7)8/h7,9H,3-6H2,1-2H3,(H2,17,18,19)(H4,15,16,20,21);1-2H,(H,5,6)(H,7,8)/b;2-1-. The Hall–Kier alpha value is -3.66. The van der Waals surface area contributed by atoms with E-state index in [2.05, 4.69) is 32.9 Å². The van der Waals surface area contributed by atoms with Gasteiger partial charge in [0.25, 0.3) is 0 Å². The lowest BCUT2D eigenvalue weighted by atomic mass is 10.0. The number of carboxylic acid groups (broad SMARTS) is 2. The van der Waals surface area contributed by atoms with E-state index in [1.165, 1.54) is 11.3 Å². The van der Waals surface area contributed by atoms with Gasteiger partial charge in [-0.2, -0.15) is 5.26 Å². The van der Waals surface area contributed by atoms with E-state index in [0.717, 1.165) is 31.5 Å². The van der Waals surface area contributed by atoms with E-state index in [1.54, 1.807) is 13.2 Å². The molecule has 0 saturated heterocycles. The van der Waals surface area contributed by atoms with Crippen molar-refractivity contribution in [3.05, 3.63) is 23.2 Å². The Kier molecular flexibility index (Phi) is 13.4. The van der Waals surface area contributed by atoms with Crippen molar-refractivity contribution >= 4 is 40.3 Å².